The SMILES string of the molecule is N#Cc1cccc(NCCOc2ccc(C(=O)O)cc2)c1. The van der Waals surface area contributed by atoms with Crippen LogP contribution in [0.1, 0.15) is 15.9 Å². The van der Waals surface area contributed by atoms with Crippen molar-refractivity contribution in [2.45, 2.75) is 0 Å². The van der Waals surface area contributed by atoms with Crippen molar-refractivity contribution in [1.82, 2.24) is 0 Å². The van der Waals surface area contributed by atoms with E-state index >= 15 is 0 Å². The van der Waals surface area contributed by atoms with Gasteiger partial charge in [0, 0.05) is 12.2 Å². The molecule has 0 saturated heterocycles. The molecule has 0 aliphatic heterocycles. The third-order valence-corrected chi connectivity index (χ3v) is 2.79. The Hall–Kier alpha value is -3.00. The fourth-order valence-corrected chi connectivity index (χ4v) is 1.76. The Morgan fingerprint density at radius 2 is 2.00 bits per heavy atom. The van der Waals surface area contributed by atoms with Crippen molar-refractivity contribution in [2.24, 2.45) is 0 Å². The molecule has 0 saturated carbocycles. The topological polar surface area (TPSA) is 82.3 Å². The van der Waals surface area contributed by atoms with Crippen LogP contribution in [0.5, 0.6) is 5.75 Å². The van der Waals surface area contributed by atoms with Crippen molar-refractivity contribution in [1.29, 1.82) is 5.26 Å². The maximum absolute atomic E-state index is 10.7. The molecule has 0 amide bonds. The van der Waals surface area contributed by atoms with E-state index in [9.17, 15) is 4.79 Å². The van der Waals surface area contributed by atoms with Gasteiger partial charge < -0.3 is 15.2 Å². The summed E-state index contributed by atoms with van der Waals surface area (Å²) in [5.74, 6) is -0.340. The van der Waals surface area contributed by atoms with E-state index < -0.39 is 5.97 Å². The maximum Gasteiger partial charge on any atom is 0.335 e. The Balaban J connectivity index is 1.79. The summed E-state index contributed by atoms with van der Waals surface area (Å²) < 4.78 is 5.50. The number of aromatic carboxylic acids is 1. The number of rotatable bonds is 6. The molecule has 106 valence electrons. The minimum Gasteiger partial charge on any atom is -0.492 e. The number of anilines is 1. The highest BCUT2D eigenvalue weighted by molar-refractivity contribution is 5.87. The van der Waals surface area contributed by atoms with Crippen LogP contribution in [-0.4, -0.2) is 24.2 Å². The Bertz CT molecular complexity index is 660. The predicted molar refractivity (Wildman–Crippen MR) is 78.5 cm³/mol. The lowest BCUT2D eigenvalue weighted by atomic mass is 10.2. The minimum absolute atomic E-state index is 0.230. The van der Waals surface area contributed by atoms with Crippen LogP contribution in [0, 0.1) is 11.3 Å². The number of benzene rings is 2. The van der Waals surface area contributed by atoms with E-state index in [2.05, 4.69) is 11.4 Å². The van der Waals surface area contributed by atoms with E-state index in [0.717, 1.165) is 5.69 Å². The van der Waals surface area contributed by atoms with Crippen LogP contribution < -0.4 is 10.1 Å². The number of ether oxygens (including phenoxy) is 1. The molecule has 0 aliphatic carbocycles. The van der Waals surface area contributed by atoms with Gasteiger partial charge in [0.25, 0.3) is 0 Å². The molecule has 2 aromatic rings. The number of nitriles is 1. The first-order valence-electron chi connectivity index (χ1n) is 6.39. The van der Waals surface area contributed by atoms with E-state index in [1.165, 1.54) is 12.1 Å². The summed E-state index contributed by atoms with van der Waals surface area (Å²) >= 11 is 0. The fraction of sp³-hybridized carbons (Fsp3) is 0.125. The summed E-state index contributed by atoms with van der Waals surface area (Å²) in [4.78, 5) is 10.7. The second kappa shape index (κ2) is 6.96. The molecule has 0 aromatic heterocycles. The van der Waals surface area contributed by atoms with Gasteiger partial charge in [-0.3, -0.25) is 0 Å². The quantitative estimate of drug-likeness (QED) is 0.796. The molecule has 0 heterocycles. The van der Waals surface area contributed by atoms with Crippen molar-refractivity contribution < 1.29 is 14.6 Å². The molecule has 2 aromatic carbocycles. The van der Waals surface area contributed by atoms with Gasteiger partial charge in [0.2, 0.25) is 0 Å². The molecule has 2 rings (SSSR count). The predicted octanol–water partition coefficient (Wildman–Crippen LogP) is 2.75. The van der Waals surface area contributed by atoms with Crippen LogP contribution in [-0.2, 0) is 0 Å². The molecule has 0 fully saturated rings. The Labute approximate surface area is 122 Å². The molecule has 5 heteroatoms. The average molecular weight is 282 g/mol. The Kier molecular flexibility index (Phi) is 4.78. The minimum atomic E-state index is -0.958. The normalized spacial score (nSPS) is 9.67. The first kappa shape index (κ1) is 14.4. The molecule has 0 aliphatic rings. The van der Waals surface area contributed by atoms with Crippen LogP contribution in [0.3, 0.4) is 0 Å². The van der Waals surface area contributed by atoms with E-state index in [1.54, 1.807) is 24.3 Å². The third kappa shape index (κ3) is 4.25. The van der Waals surface area contributed by atoms with Crippen LogP contribution in [0.25, 0.3) is 0 Å². The fourth-order valence-electron chi connectivity index (χ4n) is 1.76. The van der Waals surface area contributed by atoms with Crippen molar-refractivity contribution in [3.05, 3.63) is 59.7 Å². The van der Waals surface area contributed by atoms with Gasteiger partial charge in [-0.25, -0.2) is 4.79 Å². The van der Waals surface area contributed by atoms with Crippen LogP contribution in [0.2, 0.25) is 0 Å². The van der Waals surface area contributed by atoms with Crippen LogP contribution in [0.15, 0.2) is 48.5 Å². The second-order valence-electron chi connectivity index (χ2n) is 4.30. The second-order valence-corrected chi connectivity index (χ2v) is 4.30. The van der Waals surface area contributed by atoms with Gasteiger partial charge >= 0.3 is 5.97 Å². The summed E-state index contributed by atoms with van der Waals surface area (Å²) in [7, 11) is 0. The lowest BCUT2D eigenvalue weighted by molar-refractivity contribution is 0.0697. The molecule has 0 radical (unpaired) electrons. The molecule has 2 N–H and O–H groups in total. The molecule has 0 atom stereocenters. The average Bonchev–Trinajstić information content (AvgIpc) is 2.52. The largest absolute Gasteiger partial charge is 0.492 e. The third-order valence-electron chi connectivity index (χ3n) is 2.79. The van der Waals surface area contributed by atoms with Gasteiger partial charge in [-0.1, -0.05) is 6.07 Å². The van der Waals surface area contributed by atoms with Crippen molar-refractivity contribution in [3.8, 4) is 11.8 Å². The van der Waals surface area contributed by atoms with Crippen molar-refractivity contribution in [2.75, 3.05) is 18.5 Å². The molecule has 0 bridgehead atoms. The zero-order valence-electron chi connectivity index (χ0n) is 11.2. The molecular formula is C16H14N2O3. The number of carbonyl (C=O) groups is 1. The van der Waals surface area contributed by atoms with Gasteiger partial charge in [0.15, 0.2) is 0 Å². The molecule has 5 nitrogen and oxygen atoms in total. The summed E-state index contributed by atoms with van der Waals surface area (Å²) in [6, 6.07) is 15.5. The first-order valence-corrected chi connectivity index (χ1v) is 6.39. The van der Waals surface area contributed by atoms with Crippen molar-refractivity contribution >= 4 is 11.7 Å². The first-order chi connectivity index (χ1) is 10.2. The number of carboxylic acids is 1. The highest BCUT2D eigenvalue weighted by Crippen LogP contribution is 2.12. The molecule has 21 heavy (non-hydrogen) atoms. The van der Waals surface area contributed by atoms with Gasteiger partial charge in [-0.05, 0) is 42.5 Å². The summed E-state index contributed by atoms with van der Waals surface area (Å²) in [6.07, 6.45) is 0. The van der Waals surface area contributed by atoms with E-state index in [1.807, 2.05) is 12.1 Å². The lowest BCUT2D eigenvalue weighted by Gasteiger charge is -2.09. The number of nitrogens with one attached hydrogen (secondary N) is 1. The standard InChI is InChI=1S/C16H14N2O3/c17-11-12-2-1-3-14(10-12)18-8-9-21-15-6-4-13(5-7-15)16(19)20/h1-7,10,18H,8-9H2,(H,19,20). The highest BCUT2D eigenvalue weighted by atomic mass is 16.5. The summed E-state index contributed by atoms with van der Waals surface area (Å²) in [5, 5.41) is 20.7. The van der Waals surface area contributed by atoms with Gasteiger partial charge in [0.1, 0.15) is 12.4 Å². The van der Waals surface area contributed by atoms with E-state index in [-0.39, 0.29) is 5.56 Å². The lowest BCUT2D eigenvalue weighted by Crippen LogP contribution is -2.11. The molecular weight excluding hydrogens is 268 g/mol. The number of nitrogens with zero attached hydrogens (tertiary/aromatic N) is 1. The number of hydrogen-bond acceptors (Lipinski definition) is 4. The van der Waals surface area contributed by atoms with Crippen LogP contribution >= 0.6 is 0 Å². The number of carboxylic acid groups (broad SMARTS) is 1. The van der Waals surface area contributed by atoms with Crippen LogP contribution in [0.4, 0.5) is 5.69 Å². The Morgan fingerprint density at radius 3 is 2.67 bits per heavy atom. The zero-order valence-corrected chi connectivity index (χ0v) is 11.2. The van der Waals surface area contributed by atoms with Crippen molar-refractivity contribution in [3.63, 3.8) is 0 Å². The number of hydrogen-bond donors (Lipinski definition) is 2. The van der Waals surface area contributed by atoms with Gasteiger partial charge in [-0.15, -0.1) is 0 Å². The van der Waals surface area contributed by atoms with E-state index in [4.69, 9.17) is 15.1 Å². The monoisotopic (exact) mass is 282 g/mol. The zero-order chi connectivity index (χ0) is 15.1. The molecule has 0 unspecified atom stereocenters. The summed E-state index contributed by atoms with van der Waals surface area (Å²) in [5.41, 5.74) is 1.69. The smallest absolute Gasteiger partial charge is 0.335 e. The molecule has 0 spiro atoms. The Morgan fingerprint density at radius 1 is 1.24 bits per heavy atom. The summed E-state index contributed by atoms with van der Waals surface area (Å²) in [6.45, 7) is 1.01. The maximum atomic E-state index is 10.7. The van der Waals surface area contributed by atoms with E-state index in [0.29, 0.717) is 24.5 Å². The van der Waals surface area contributed by atoms with Gasteiger partial charge in [-0.2, -0.15) is 5.26 Å². The highest BCUT2D eigenvalue weighted by Gasteiger charge is 2.02. The van der Waals surface area contributed by atoms with Gasteiger partial charge in [0.05, 0.1) is 17.2 Å².